The summed E-state index contributed by atoms with van der Waals surface area (Å²) in [7, 11) is 0. The molecule has 0 saturated heterocycles. The van der Waals surface area contributed by atoms with Gasteiger partial charge in [0.2, 0.25) is 0 Å². The van der Waals surface area contributed by atoms with Gasteiger partial charge in [-0.3, -0.25) is 4.79 Å². The monoisotopic (exact) mass is 255 g/mol. The Morgan fingerprint density at radius 3 is 2.61 bits per heavy atom. The summed E-state index contributed by atoms with van der Waals surface area (Å²) in [5.41, 5.74) is 6.05. The molecular weight excluding hydrogens is 226 g/mol. The minimum absolute atomic E-state index is 0.0140. The molecule has 0 aliphatic heterocycles. The predicted octanol–water partition coefficient (Wildman–Crippen LogP) is 3.41. The molecule has 1 aliphatic rings. The lowest BCUT2D eigenvalue weighted by molar-refractivity contribution is -0.149. The summed E-state index contributed by atoms with van der Waals surface area (Å²) in [4.78, 5) is 11.9. The summed E-state index contributed by atoms with van der Waals surface area (Å²) >= 11 is 0. The summed E-state index contributed by atoms with van der Waals surface area (Å²) in [5, 5.41) is 0. The summed E-state index contributed by atoms with van der Waals surface area (Å²) in [6.45, 7) is 2.78. The molecule has 18 heavy (non-hydrogen) atoms. The van der Waals surface area contributed by atoms with Gasteiger partial charge in [-0.2, -0.15) is 0 Å². The molecule has 2 N–H and O–H groups in total. The fraction of sp³-hybridized carbons (Fsp3) is 0.933. The maximum atomic E-state index is 11.9. The molecule has 3 nitrogen and oxygen atoms in total. The van der Waals surface area contributed by atoms with E-state index in [1.165, 1.54) is 25.7 Å². The molecule has 1 fully saturated rings. The lowest BCUT2D eigenvalue weighted by Gasteiger charge is -2.19. The molecule has 1 aliphatic carbocycles. The Labute approximate surface area is 111 Å². The molecule has 0 bridgehead atoms. The quantitative estimate of drug-likeness (QED) is 0.431. The Balaban J connectivity index is 2.14. The van der Waals surface area contributed by atoms with Gasteiger partial charge in [-0.15, -0.1) is 0 Å². The molecule has 2 unspecified atom stereocenters. The van der Waals surface area contributed by atoms with Gasteiger partial charge in [-0.25, -0.2) is 0 Å². The van der Waals surface area contributed by atoms with E-state index in [1.54, 1.807) is 0 Å². The largest absolute Gasteiger partial charge is 0.465 e. The highest BCUT2D eigenvalue weighted by Gasteiger charge is 2.28. The van der Waals surface area contributed by atoms with E-state index in [1.807, 2.05) is 0 Å². The number of esters is 1. The molecular formula is C15H29NO2. The van der Waals surface area contributed by atoms with E-state index < -0.39 is 0 Å². The number of ether oxygens (including phenoxy) is 1. The lowest BCUT2D eigenvalue weighted by atomic mass is 9.96. The first kappa shape index (κ1) is 15.5. The highest BCUT2D eigenvalue weighted by Crippen LogP contribution is 2.23. The third-order valence-electron chi connectivity index (χ3n) is 3.86. The number of carbonyl (C=O) groups excluding carboxylic acids is 1. The van der Waals surface area contributed by atoms with Gasteiger partial charge in [0.25, 0.3) is 0 Å². The Kier molecular flexibility index (Phi) is 8.06. The number of hydrogen-bond acceptors (Lipinski definition) is 3. The van der Waals surface area contributed by atoms with E-state index in [4.69, 9.17) is 10.5 Å². The highest BCUT2D eigenvalue weighted by atomic mass is 16.5. The Hall–Kier alpha value is -0.570. The molecule has 3 heteroatoms. The molecule has 0 radical (unpaired) electrons. The Bertz CT molecular complexity index is 231. The molecule has 1 saturated carbocycles. The van der Waals surface area contributed by atoms with Crippen LogP contribution >= 0.6 is 0 Å². The van der Waals surface area contributed by atoms with Gasteiger partial charge in [0.1, 0.15) is 0 Å². The molecule has 106 valence electrons. The van der Waals surface area contributed by atoms with Gasteiger partial charge in [0, 0.05) is 6.04 Å². The van der Waals surface area contributed by atoms with Crippen molar-refractivity contribution in [1.29, 1.82) is 0 Å². The molecule has 1 rings (SSSR count). The summed E-state index contributed by atoms with van der Waals surface area (Å²) in [5.74, 6) is -0.108. The third kappa shape index (κ3) is 5.85. The van der Waals surface area contributed by atoms with Crippen LogP contribution in [0.1, 0.15) is 71.1 Å². The minimum Gasteiger partial charge on any atom is -0.465 e. The van der Waals surface area contributed by atoms with Gasteiger partial charge in [0.15, 0.2) is 0 Å². The molecule has 0 aromatic carbocycles. The number of unbranched alkanes of at least 4 members (excludes halogenated alkanes) is 4. The van der Waals surface area contributed by atoms with Crippen molar-refractivity contribution in [1.82, 2.24) is 0 Å². The fourth-order valence-corrected chi connectivity index (χ4v) is 2.61. The number of rotatable bonds is 7. The average molecular weight is 255 g/mol. The van der Waals surface area contributed by atoms with Crippen molar-refractivity contribution in [3.05, 3.63) is 0 Å². The van der Waals surface area contributed by atoms with Crippen LogP contribution < -0.4 is 5.73 Å². The second-order valence-corrected chi connectivity index (χ2v) is 5.49. The molecule has 0 heterocycles. The molecule has 2 atom stereocenters. The standard InChI is InChI=1S/C15H29NO2/c1-2-3-4-5-9-12-18-15(17)13-10-7-6-8-11-14(13)16/h13-14H,2-12,16H2,1H3. The Morgan fingerprint density at radius 2 is 1.83 bits per heavy atom. The first-order valence-electron chi connectivity index (χ1n) is 7.68. The average Bonchev–Trinajstić information content (AvgIpc) is 2.58. The topological polar surface area (TPSA) is 52.3 Å². The molecule has 0 amide bonds. The van der Waals surface area contributed by atoms with Crippen LogP contribution in [0.15, 0.2) is 0 Å². The van der Waals surface area contributed by atoms with Gasteiger partial charge in [-0.05, 0) is 19.3 Å². The van der Waals surface area contributed by atoms with Crippen molar-refractivity contribution in [2.45, 2.75) is 77.2 Å². The van der Waals surface area contributed by atoms with E-state index in [0.717, 1.165) is 38.5 Å². The smallest absolute Gasteiger partial charge is 0.310 e. The highest BCUT2D eigenvalue weighted by molar-refractivity contribution is 5.73. The number of carbonyl (C=O) groups is 1. The van der Waals surface area contributed by atoms with Gasteiger partial charge >= 0.3 is 5.97 Å². The first-order chi connectivity index (χ1) is 8.75. The summed E-state index contributed by atoms with van der Waals surface area (Å²) in [6.07, 6.45) is 11.3. The summed E-state index contributed by atoms with van der Waals surface area (Å²) < 4.78 is 5.37. The second-order valence-electron chi connectivity index (χ2n) is 5.49. The number of hydrogen-bond donors (Lipinski definition) is 1. The van der Waals surface area contributed by atoms with Crippen LogP contribution in [0, 0.1) is 5.92 Å². The van der Waals surface area contributed by atoms with Crippen LogP contribution in [0.3, 0.4) is 0 Å². The van der Waals surface area contributed by atoms with Gasteiger partial charge < -0.3 is 10.5 Å². The summed E-state index contributed by atoms with van der Waals surface area (Å²) in [6, 6.07) is 0.0140. The molecule has 0 aromatic rings. The Morgan fingerprint density at radius 1 is 1.11 bits per heavy atom. The lowest BCUT2D eigenvalue weighted by Crippen LogP contribution is -2.35. The maximum Gasteiger partial charge on any atom is 0.310 e. The van der Waals surface area contributed by atoms with E-state index >= 15 is 0 Å². The molecule has 0 aromatic heterocycles. The van der Waals surface area contributed by atoms with E-state index in [-0.39, 0.29) is 17.9 Å². The second kappa shape index (κ2) is 9.37. The van der Waals surface area contributed by atoms with Crippen LogP contribution in [-0.4, -0.2) is 18.6 Å². The minimum atomic E-state index is -0.0557. The van der Waals surface area contributed by atoms with Crippen LogP contribution in [0.5, 0.6) is 0 Å². The van der Waals surface area contributed by atoms with Gasteiger partial charge in [-0.1, -0.05) is 51.9 Å². The molecule has 0 spiro atoms. The van der Waals surface area contributed by atoms with Crippen LogP contribution in [-0.2, 0) is 9.53 Å². The zero-order chi connectivity index (χ0) is 13.2. The van der Waals surface area contributed by atoms with Crippen LogP contribution in [0.4, 0.5) is 0 Å². The first-order valence-corrected chi connectivity index (χ1v) is 7.68. The van der Waals surface area contributed by atoms with Gasteiger partial charge in [0.05, 0.1) is 12.5 Å². The third-order valence-corrected chi connectivity index (χ3v) is 3.86. The normalized spacial score (nSPS) is 24.6. The SMILES string of the molecule is CCCCCCCOC(=O)C1CCCCCC1N. The van der Waals surface area contributed by atoms with Crippen molar-refractivity contribution in [3.63, 3.8) is 0 Å². The number of nitrogens with two attached hydrogens (primary N) is 1. The van der Waals surface area contributed by atoms with Crippen molar-refractivity contribution < 1.29 is 9.53 Å². The van der Waals surface area contributed by atoms with Crippen LogP contribution in [0.25, 0.3) is 0 Å². The van der Waals surface area contributed by atoms with Crippen LogP contribution in [0.2, 0.25) is 0 Å². The van der Waals surface area contributed by atoms with E-state index in [9.17, 15) is 4.79 Å². The van der Waals surface area contributed by atoms with E-state index in [0.29, 0.717) is 6.61 Å². The van der Waals surface area contributed by atoms with Crippen molar-refractivity contribution >= 4 is 5.97 Å². The zero-order valence-corrected chi connectivity index (χ0v) is 11.8. The van der Waals surface area contributed by atoms with Crippen molar-refractivity contribution in [2.75, 3.05) is 6.61 Å². The van der Waals surface area contributed by atoms with Crippen molar-refractivity contribution in [3.8, 4) is 0 Å². The fourth-order valence-electron chi connectivity index (χ4n) is 2.61. The predicted molar refractivity (Wildman–Crippen MR) is 74.3 cm³/mol. The zero-order valence-electron chi connectivity index (χ0n) is 11.8. The maximum absolute atomic E-state index is 11.9. The van der Waals surface area contributed by atoms with Crippen molar-refractivity contribution in [2.24, 2.45) is 11.7 Å². The van der Waals surface area contributed by atoms with E-state index in [2.05, 4.69) is 6.92 Å².